The van der Waals surface area contributed by atoms with Gasteiger partial charge in [-0.05, 0) is 181 Å². The highest BCUT2D eigenvalue weighted by atomic mass is 28.3. The number of anilines is 1. The van der Waals surface area contributed by atoms with E-state index in [9.17, 15) is 29.7 Å². The van der Waals surface area contributed by atoms with Crippen LogP contribution in [0, 0.1) is 0 Å². The van der Waals surface area contributed by atoms with Crippen LogP contribution in [0.5, 0.6) is 0 Å². The number of rotatable bonds is 22. The molecular formula is C68H80B2N5O6Si+. The number of nitrogens with one attached hydrogen (secondary N) is 1. The molecule has 0 aliphatic carbocycles. The number of ketones is 1. The third kappa shape index (κ3) is 12.2. The van der Waals surface area contributed by atoms with E-state index in [0.717, 1.165) is 94.6 Å². The van der Waals surface area contributed by atoms with E-state index < -0.39 is 22.3 Å². The van der Waals surface area contributed by atoms with E-state index in [1.54, 1.807) is 26.0 Å². The molecule has 0 saturated carbocycles. The Kier molecular flexibility index (Phi) is 17.8. The highest BCUT2D eigenvalue weighted by molar-refractivity contribution is 7.01. The van der Waals surface area contributed by atoms with E-state index in [-0.39, 0.29) is 11.7 Å². The third-order valence-electron chi connectivity index (χ3n) is 17.7. The van der Waals surface area contributed by atoms with Crippen molar-refractivity contribution in [2.75, 3.05) is 51.7 Å². The van der Waals surface area contributed by atoms with Crippen LogP contribution in [0.3, 0.4) is 0 Å². The van der Waals surface area contributed by atoms with Gasteiger partial charge in [0.2, 0.25) is 11.3 Å². The average Bonchev–Trinajstić information content (AvgIpc) is 0.940. The predicted octanol–water partition coefficient (Wildman–Crippen LogP) is 5.59. The second kappa shape index (κ2) is 25.0. The number of benzene rings is 7. The van der Waals surface area contributed by atoms with Gasteiger partial charge < -0.3 is 30.3 Å². The fourth-order valence-electron chi connectivity index (χ4n) is 13.2. The zero-order valence-corrected chi connectivity index (χ0v) is 50.0. The Morgan fingerprint density at radius 1 is 0.671 bits per heavy atom. The molecule has 14 heteroatoms. The molecule has 3 aliphatic rings. The minimum Gasteiger partial charge on any atom is -0.423 e. The number of Topliss-reactive ketones (excluding diaryl/α,β-unsaturated/α-hetero) is 1. The highest BCUT2D eigenvalue weighted by Gasteiger charge is 2.38. The lowest BCUT2D eigenvalue weighted by Gasteiger charge is -2.37. The smallest absolute Gasteiger partial charge is 0.423 e. The largest absolute Gasteiger partial charge is 0.488 e. The van der Waals surface area contributed by atoms with Crippen molar-refractivity contribution < 1.29 is 29.7 Å². The minimum absolute atomic E-state index is 0.0663. The van der Waals surface area contributed by atoms with Crippen molar-refractivity contribution in [3.8, 4) is 0 Å². The maximum absolute atomic E-state index is 12.9. The normalized spacial score (nSPS) is 14.4. The maximum Gasteiger partial charge on any atom is 0.488 e. The van der Waals surface area contributed by atoms with E-state index in [4.69, 9.17) is 0 Å². The number of hydrogen-bond donors (Lipinski definition) is 5. The average molecular weight is 1110 g/mol. The molecule has 0 radical (unpaired) electrons. The van der Waals surface area contributed by atoms with E-state index in [1.807, 2.05) is 36.4 Å². The number of allylic oxidation sites excluding steroid dienone is 1. The molecule has 0 aromatic heterocycles. The summed E-state index contributed by atoms with van der Waals surface area (Å²) in [5, 5.41) is 55.7. The first-order valence-electron chi connectivity index (χ1n) is 29.5. The van der Waals surface area contributed by atoms with Gasteiger partial charge in [-0.25, -0.2) is 4.58 Å². The van der Waals surface area contributed by atoms with Crippen LogP contribution in [0.15, 0.2) is 140 Å². The highest BCUT2D eigenvalue weighted by Crippen LogP contribution is 2.39. The summed E-state index contributed by atoms with van der Waals surface area (Å²) < 4.78 is 2.45. The van der Waals surface area contributed by atoms with Crippen molar-refractivity contribution in [1.82, 2.24) is 19.7 Å². The molecule has 0 unspecified atom stereocenters. The molecule has 1 amide bonds. The van der Waals surface area contributed by atoms with Crippen molar-refractivity contribution in [1.29, 1.82) is 0 Å². The number of unbranched alkanes of at least 4 members (excludes halogenated alkanes) is 1. The van der Waals surface area contributed by atoms with Gasteiger partial charge in [-0.1, -0.05) is 111 Å². The summed E-state index contributed by atoms with van der Waals surface area (Å²) in [5.41, 5.74) is 13.8. The summed E-state index contributed by atoms with van der Waals surface area (Å²) in [6, 6.07) is 41.1. The molecule has 5 N–H and O–H groups in total. The number of aryl methyl sites for hydroxylation is 2. The second-order valence-electron chi connectivity index (χ2n) is 24.0. The van der Waals surface area contributed by atoms with Gasteiger partial charge in [0.25, 0.3) is 0 Å². The van der Waals surface area contributed by atoms with Crippen molar-refractivity contribution >= 4 is 88.1 Å². The van der Waals surface area contributed by atoms with Crippen molar-refractivity contribution in [3.63, 3.8) is 0 Å². The van der Waals surface area contributed by atoms with Crippen LogP contribution in [-0.4, -0.2) is 111 Å². The van der Waals surface area contributed by atoms with E-state index >= 15 is 0 Å². The predicted molar refractivity (Wildman–Crippen MR) is 341 cm³/mol. The number of hydrogen-bond acceptors (Lipinski definition) is 9. The first-order valence-corrected chi connectivity index (χ1v) is 32.5. The van der Waals surface area contributed by atoms with E-state index in [2.05, 4.69) is 132 Å². The molecule has 0 bridgehead atoms. The standard InChI is InChI=1S/C68H79B2N5O6Si/c1-45(2)64(76)28-15-16-34-74(41-50-20-9-13-26-60(50)69(78)79)44-59-53-25-12-11-24-52(53)58(43-75(35-19-31-71-68(77)46(3)4)42-51-21-10-14-27-61(51)70(80)81)54-30-29-49(38-55(54)59)67-56-36-47-22-17-32-72(5)62(47)39-65(56)82(7,8)66-40-63-48(37-57(66)67)23-18-33-73(63)6/h9-14,20-21,24-27,29-30,36-40,78-81H,1,3,15-19,22-23,28,31-35,41-44H2,2,4-8H3/p+1. The minimum atomic E-state index is -2.29. The SMILES string of the molecule is C=C(C)C(=O)CCCCN(Cc1ccccc1B(O)O)Cc1c2ccccc2c(CN(CCCNC(=O)C(=C)C)Cc2ccccc2B(O)O)c2ccc(C3=c4cc5c(cc4[Si](C)(C)c4cc6c(cc43)CCCN6C)=[N+](C)CCC5)cc12. The van der Waals surface area contributed by atoms with Gasteiger partial charge >= 0.3 is 14.2 Å². The molecule has 3 heterocycles. The molecule has 7 aromatic rings. The van der Waals surface area contributed by atoms with Crippen LogP contribution >= 0.6 is 0 Å². The van der Waals surface area contributed by atoms with Crippen LogP contribution in [0.2, 0.25) is 13.1 Å². The summed E-state index contributed by atoms with van der Waals surface area (Å²) in [4.78, 5) is 32.8. The van der Waals surface area contributed by atoms with Crippen LogP contribution in [0.25, 0.3) is 27.1 Å². The topological polar surface area (TPSA) is 140 Å². The molecular weight excluding hydrogens is 1030 g/mol. The summed E-state index contributed by atoms with van der Waals surface area (Å²) in [7, 11) is -1.10. The van der Waals surface area contributed by atoms with Gasteiger partial charge in [0.1, 0.15) is 21.7 Å². The maximum atomic E-state index is 12.9. The van der Waals surface area contributed by atoms with Crippen LogP contribution in [-0.2, 0) is 48.6 Å². The number of carbonyl (C=O) groups is 2. The van der Waals surface area contributed by atoms with Crippen LogP contribution in [0.1, 0.15) is 96.9 Å². The Labute approximate surface area is 485 Å². The molecule has 0 atom stereocenters. The van der Waals surface area contributed by atoms with Crippen molar-refractivity contribution in [2.24, 2.45) is 0 Å². The van der Waals surface area contributed by atoms with Gasteiger partial charge in [-0.3, -0.25) is 19.4 Å². The third-order valence-corrected chi connectivity index (χ3v) is 21.2. The first kappa shape index (κ1) is 58.5. The van der Waals surface area contributed by atoms with Crippen molar-refractivity contribution in [3.05, 3.63) is 195 Å². The molecule has 0 spiro atoms. The van der Waals surface area contributed by atoms with Gasteiger partial charge in [-0.15, -0.1) is 0 Å². The van der Waals surface area contributed by atoms with Gasteiger partial charge in [0.05, 0.1) is 0 Å². The molecule has 0 saturated heterocycles. The quantitative estimate of drug-likeness (QED) is 0.0194. The molecule has 11 nitrogen and oxygen atoms in total. The van der Waals surface area contributed by atoms with Crippen molar-refractivity contribution in [2.45, 2.75) is 104 Å². The summed E-state index contributed by atoms with van der Waals surface area (Å²) in [6.07, 6.45) is 6.79. The lowest BCUT2D eigenvalue weighted by atomic mass is 9.77. The Morgan fingerprint density at radius 2 is 1.27 bits per heavy atom. The molecule has 82 heavy (non-hydrogen) atoms. The monoisotopic (exact) mass is 1110 g/mol. The fraction of sp³-hybridized carbons (Fsp3) is 0.338. The lowest BCUT2D eigenvalue weighted by molar-refractivity contribution is -0.117. The summed E-state index contributed by atoms with van der Waals surface area (Å²) in [6.45, 7) is 22.0. The first-order chi connectivity index (χ1) is 39.4. The van der Waals surface area contributed by atoms with Gasteiger partial charge in [-0.2, -0.15) is 0 Å². The molecule has 422 valence electrons. The molecule has 10 rings (SSSR count). The van der Waals surface area contributed by atoms with Crippen LogP contribution in [0.4, 0.5) is 5.69 Å². The van der Waals surface area contributed by atoms with E-state index in [0.29, 0.717) is 87.1 Å². The van der Waals surface area contributed by atoms with Gasteiger partial charge in [0, 0.05) is 88.6 Å². The molecule has 7 aromatic carbocycles. The number of carbonyl (C=O) groups excluding carboxylic acids is 2. The number of nitrogens with zero attached hydrogens (tertiary/aromatic N) is 4. The Balaban J connectivity index is 1.22. The summed E-state index contributed by atoms with van der Waals surface area (Å²) >= 11 is 0. The molecule has 0 fully saturated rings. The fourth-order valence-corrected chi connectivity index (χ4v) is 16.3. The number of amides is 1. The Morgan fingerprint density at radius 3 is 1.90 bits per heavy atom. The van der Waals surface area contributed by atoms with Crippen LogP contribution < -0.4 is 46.7 Å². The lowest BCUT2D eigenvalue weighted by Crippen LogP contribution is -2.64. The molecule has 3 aliphatic heterocycles. The van der Waals surface area contributed by atoms with E-state index in [1.165, 1.54) is 48.9 Å². The zero-order valence-electron chi connectivity index (χ0n) is 49.0. The number of fused-ring (bicyclic) bond motifs is 6. The summed E-state index contributed by atoms with van der Waals surface area (Å²) in [5.74, 6) is -0.114. The Hall–Kier alpha value is -6.74. The Bertz CT molecular complexity index is 3780. The second-order valence-corrected chi connectivity index (χ2v) is 28.3. The van der Waals surface area contributed by atoms with Gasteiger partial charge in [0.15, 0.2) is 5.78 Å². The zero-order chi connectivity index (χ0) is 58.0.